The molecule has 0 aliphatic carbocycles. The lowest BCUT2D eigenvalue weighted by atomic mass is 10.2. The zero-order valence-corrected chi connectivity index (χ0v) is 17.3. The lowest BCUT2D eigenvalue weighted by molar-refractivity contribution is -0.153. The fourth-order valence-electron chi connectivity index (χ4n) is 2.32. The van der Waals surface area contributed by atoms with Crippen LogP contribution in [-0.2, 0) is 14.8 Å². The Morgan fingerprint density at radius 3 is 2.30 bits per heavy atom. The summed E-state index contributed by atoms with van der Waals surface area (Å²) in [5.41, 5.74) is 0.813. The van der Waals surface area contributed by atoms with Gasteiger partial charge in [-0.25, -0.2) is 12.7 Å². The van der Waals surface area contributed by atoms with Crippen LogP contribution in [0.4, 0.5) is 24.5 Å². The summed E-state index contributed by atoms with van der Waals surface area (Å²) in [7, 11) is -0.821. The Labute approximate surface area is 172 Å². The van der Waals surface area contributed by atoms with E-state index in [9.17, 15) is 26.4 Å². The van der Waals surface area contributed by atoms with E-state index >= 15 is 0 Å². The molecule has 0 fully saturated rings. The van der Waals surface area contributed by atoms with Crippen LogP contribution in [-0.4, -0.2) is 51.6 Å². The summed E-state index contributed by atoms with van der Waals surface area (Å²) in [4.78, 5) is 12.5. The number of alkyl halides is 3. The molecule has 0 saturated carbocycles. The highest BCUT2D eigenvalue weighted by atomic mass is 32.2. The summed E-state index contributed by atoms with van der Waals surface area (Å²) in [6.07, 6.45) is -4.42. The number of rotatable bonds is 8. The van der Waals surface area contributed by atoms with Crippen molar-refractivity contribution in [1.82, 2.24) is 4.31 Å². The number of halogens is 3. The number of carbonyl (C=O) groups excluding carboxylic acids is 1. The summed E-state index contributed by atoms with van der Waals surface area (Å²) in [5, 5.41) is 5.54. The van der Waals surface area contributed by atoms with Crippen molar-refractivity contribution in [2.24, 2.45) is 0 Å². The molecule has 0 unspecified atom stereocenters. The first-order valence-electron chi connectivity index (χ1n) is 8.78. The highest BCUT2D eigenvalue weighted by Crippen LogP contribution is 2.21. The highest BCUT2D eigenvalue weighted by molar-refractivity contribution is 7.89. The first-order valence-corrected chi connectivity index (χ1v) is 10.2. The van der Waals surface area contributed by atoms with Gasteiger partial charge in [-0.2, -0.15) is 13.2 Å². The molecule has 0 saturated heterocycles. The van der Waals surface area contributed by atoms with Gasteiger partial charge in [-0.3, -0.25) is 4.79 Å². The molecule has 164 valence electrons. The van der Waals surface area contributed by atoms with Crippen LogP contribution >= 0.6 is 0 Å². The predicted molar refractivity (Wildman–Crippen MR) is 107 cm³/mol. The topological polar surface area (TPSA) is 87.7 Å². The average Bonchev–Trinajstić information content (AvgIpc) is 2.66. The standard InChI is InChI=1S/C19H22F3N3O4S/c1-13(23-14-7-9-16(10-8-14)29-12-19(20,21)22)18(26)24-15-5-4-6-17(11-15)30(27,28)25(2)3/h4-11,13,23H,12H2,1-3H3,(H,24,26)/t13-/m0/s1. The minimum atomic E-state index is -4.42. The van der Waals surface area contributed by atoms with Gasteiger partial charge >= 0.3 is 6.18 Å². The number of ether oxygens (including phenoxy) is 1. The second-order valence-electron chi connectivity index (χ2n) is 6.60. The number of nitrogens with zero attached hydrogens (tertiary/aromatic N) is 1. The van der Waals surface area contributed by atoms with Gasteiger partial charge in [0.05, 0.1) is 4.90 Å². The Bertz CT molecular complexity index is 977. The molecule has 0 spiro atoms. The largest absolute Gasteiger partial charge is 0.484 e. The fourth-order valence-corrected chi connectivity index (χ4v) is 3.27. The highest BCUT2D eigenvalue weighted by Gasteiger charge is 2.28. The number of anilines is 2. The van der Waals surface area contributed by atoms with Gasteiger partial charge in [0.1, 0.15) is 11.8 Å². The van der Waals surface area contributed by atoms with E-state index in [-0.39, 0.29) is 10.6 Å². The Morgan fingerprint density at radius 2 is 1.73 bits per heavy atom. The van der Waals surface area contributed by atoms with Gasteiger partial charge in [-0.05, 0) is 49.4 Å². The van der Waals surface area contributed by atoms with E-state index in [1.54, 1.807) is 13.0 Å². The predicted octanol–water partition coefficient (Wildman–Crippen LogP) is 3.32. The maximum absolute atomic E-state index is 12.4. The molecular weight excluding hydrogens is 423 g/mol. The molecule has 7 nitrogen and oxygen atoms in total. The first-order chi connectivity index (χ1) is 13.9. The Kier molecular flexibility index (Phi) is 7.32. The van der Waals surface area contributed by atoms with Crippen molar-refractivity contribution < 1.29 is 31.1 Å². The van der Waals surface area contributed by atoms with Crippen molar-refractivity contribution in [3.05, 3.63) is 48.5 Å². The smallest absolute Gasteiger partial charge is 0.422 e. The van der Waals surface area contributed by atoms with Crippen LogP contribution < -0.4 is 15.4 Å². The van der Waals surface area contributed by atoms with Gasteiger partial charge < -0.3 is 15.4 Å². The number of hydrogen-bond acceptors (Lipinski definition) is 5. The van der Waals surface area contributed by atoms with Crippen LogP contribution in [0.15, 0.2) is 53.4 Å². The Morgan fingerprint density at radius 1 is 1.10 bits per heavy atom. The zero-order valence-electron chi connectivity index (χ0n) is 16.5. The molecule has 30 heavy (non-hydrogen) atoms. The fraction of sp³-hybridized carbons (Fsp3) is 0.316. The minimum Gasteiger partial charge on any atom is -0.484 e. The maximum Gasteiger partial charge on any atom is 0.422 e. The van der Waals surface area contributed by atoms with E-state index < -0.39 is 34.8 Å². The number of hydrogen-bond donors (Lipinski definition) is 2. The molecule has 2 N–H and O–H groups in total. The molecule has 2 aromatic carbocycles. The van der Waals surface area contributed by atoms with E-state index in [2.05, 4.69) is 15.4 Å². The van der Waals surface area contributed by atoms with Gasteiger partial charge in [0.25, 0.3) is 0 Å². The van der Waals surface area contributed by atoms with E-state index in [0.29, 0.717) is 11.4 Å². The molecule has 1 amide bonds. The summed E-state index contributed by atoms with van der Waals surface area (Å²) < 4.78 is 66.6. The SMILES string of the molecule is C[C@H](Nc1ccc(OCC(F)(F)F)cc1)C(=O)Nc1cccc(S(=O)(=O)N(C)C)c1. The average molecular weight is 445 g/mol. The van der Waals surface area contributed by atoms with Crippen LogP contribution in [0.3, 0.4) is 0 Å². The van der Waals surface area contributed by atoms with Crippen LogP contribution in [0.25, 0.3) is 0 Å². The second-order valence-corrected chi connectivity index (χ2v) is 8.75. The molecule has 2 aromatic rings. The van der Waals surface area contributed by atoms with Crippen molar-refractivity contribution in [3.8, 4) is 5.75 Å². The number of amides is 1. The monoisotopic (exact) mass is 445 g/mol. The van der Waals surface area contributed by atoms with Crippen LogP contribution in [0.1, 0.15) is 6.92 Å². The second kappa shape index (κ2) is 9.35. The number of nitrogens with one attached hydrogen (secondary N) is 2. The lowest BCUT2D eigenvalue weighted by Gasteiger charge is -2.17. The molecule has 0 bridgehead atoms. The third-order valence-electron chi connectivity index (χ3n) is 3.91. The van der Waals surface area contributed by atoms with Crippen molar-refractivity contribution in [1.29, 1.82) is 0 Å². The summed E-state index contributed by atoms with van der Waals surface area (Å²) in [6.45, 7) is 0.199. The van der Waals surface area contributed by atoms with E-state index in [4.69, 9.17) is 0 Å². The molecule has 0 radical (unpaired) electrons. The van der Waals surface area contributed by atoms with Crippen molar-refractivity contribution in [2.45, 2.75) is 24.0 Å². The van der Waals surface area contributed by atoms with Gasteiger partial charge in [0, 0.05) is 25.5 Å². The molecule has 0 aliphatic heterocycles. The van der Waals surface area contributed by atoms with Gasteiger partial charge in [-0.15, -0.1) is 0 Å². The van der Waals surface area contributed by atoms with Crippen LogP contribution in [0.2, 0.25) is 0 Å². The molecule has 0 aromatic heterocycles. The molecule has 0 heterocycles. The number of carbonyl (C=O) groups is 1. The van der Waals surface area contributed by atoms with Gasteiger partial charge in [0.2, 0.25) is 15.9 Å². The third kappa shape index (κ3) is 6.63. The first kappa shape index (κ1) is 23.5. The van der Waals surface area contributed by atoms with E-state index in [0.717, 1.165) is 4.31 Å². The molecule has 1 atom stereocenters. The van der Waals surface area contributed by atoms with Crippen LogP contribution in [0.5, 0.6) is 5.75 Å². The molecular formula is C19H22F3N3O4S. The van der Waals surface area contributed by atoms with Gasteiger partial charge in [0.15, 0.2) is 6.61 Å². The number of benzene rings is 2. The molecule has 0 aliphatic rings. The summed E-state index contributed by atoms with van der Waals surface area (Å²) >= 11 is 0. The zero-order chi connectivity index (χ0) is 22.5. The minimum absolute atomic E-state index is 0.0420. The van der Waals surface area contributed by atoms with Crippen molar-refractivity contribution in [2.75, 3.05) is 31.3 Å². The maximum atomic E-state index is 12.4. The summed E-state index contributed by atoms with van der Waals surface area (Å²) in [5.74, 6) is -0.374. The van der Waals surface area contributed by atoms with Crippen molar-refractivity contribution >= 4 is 27.3 Å². The normalized spacial score (nSPS) is 13.0. The molecule has 11 heteroatoms. The lowest BCUT2D eigenvalue weighted by Crippen LogP contribution is -2.32. The number of sulfonamides is 1. The Hall–Kier alpha value is -2.79. The summed E-state index contributed by atoms with van der Waals surface area (Å²) in [6, 6.07) is 10.8. The van der Waals surface area contributed by atoms with Crippen molar-refractivity contribution in [3.63, 3.8) is 0 Å². The molecule has 2 rings (SSSR count). The van der Waals surface area contributed by atoms with E-state index in [1.165, 1.54) is 56.6 Å². The van der Waals surface area contributed by atoms with E-state index in [1.807, 2.05) is 0 Å². The van der Waals surface area contributed by atoms with Crippen LogP contribution in [0, 0.1) is 0 Å². The quantitative estimate of drug-likeness (QED) is 0.651. The third-order valence-corrected chi connectivity index (χ3v) is 5.72. The Balaban J connectivity index is 1.98. The van der Waals surface area contributed by atoms with Gasteiger partial charge in [-0.1, -0.05) is 6.07 Å².